The minimum absolute atomic E-state index is 1.01. The molecule has 0 heteroatoms. The molecule has 0 bridgehead atoms. The van der Waals surface area contributed by atoms with E-state index in [1.54, 1.807) is 11.1 Å². The van der Waals surface area contributed by atoms with E-state index in [4.69, 9.17) is 0 Å². The molecular formula is C32H50. The number of hydrogen-bond acceptors (Lipinski definition) is 0. The first-order valence-electron chi connectivity index (χ1n) is 13.0. The molecule has 1 aromatic carbocycles. The molecular weight excluding hydrogens is 384 g/mol. The molecule has 0 N–H and O–H groups in total. The van der Waals surface area contributed by atoms with Crippen LogP contribution in [0.1, 0.15) is 114 Å². The molecule has 0 aromatic heterocycles. The summed E-state index contributed by atoms with van der Waals surface area (Å²) in [4.78, 5) is 0. The van der Waals surface area contributed by atoms with E-state index in [1.165, 1.54) is 64.7 Å². The molecule has 0 amide bonds. The lowest BCUT2D eigenvalue weighted by Crippen LogP contribution is -2.08. The van der Waals surface area contributed by atoms with E-state index in [2.05, 4.69) is 79.8 Å². The van der Waals surface area contributed by atoms with E-state index in [-0.39, 0.29) is 0 Å². The van der Waals surface area contributed by atoms with Gasteiger partial charge < -0.3 is 0 Å². The van der Waals surface area contributed by atoms with E-state index < -0.39 is 0 Å². The van der Waals surface area contributed by atoms with Crippen molar-refractivity contribution >= 4 is 0 Å². The lowest BCUT2D eigenvalue weighted by molar-refractivity contribution is 0.712. The first-order chi connectivity index (χ1) is 15.2. The molecule has 0 radical (unpaired) electrons. The Morgan fingerprint density at radius 2 is 1.50 bits per heavy atom. The molecule has 0 fully saturated rings. The maximum absolute atomic E-state index is 4.35. The van der Waals surface area contributed by atoms with E-state index in [0.29, 0.717) is 0 Å². The zero-order valence-corrected chi connectivity index (χ0v) is 22.4. The fourth-order valence-electron chi connectivity index (χ4n) is 4.26. The van der Waals surface area contributed by atoms with Crippen molar-refractivity contribution in [3.63, 3.8) is 0 Å². The molecule has 0 aliphatic rings. The first-order valence-corrected chi connectivity index (χ1v) is 13.0. The van der Waals surface area contributed by atoms with Gasteiger partial charge in [0.1, 0.15) is 0 Å². The zero-order valence-electron chi connectivity index (χ0n) is 22.4. The molecule has 0 nitrogen and oxygen atoms in total. The smallest absolute Gasteiger partial charge is 0.00645 e. The van der Waals surface area contributed by atoms with Gasteiger partial charge in [0.05, 0.1) is 0 Å². The highest BCUT2D eigenvalue weighted by atomic mass is 14.2. The lowest BCUT2D eigenvalue weighted by Gasteiger charge is -2.22. The summed E-state index contributed by atoms with van der Waals surface area (Å²) in [6.07, 6.45) is 17.3. The van der Waals surface area contributed by atoms with Crippen molar-refractivity contribution in [1.29, 1.82) is 0 Å². The average Bonchev–Trinajstić information content (AvgIpc) is 2.75. The summed E-state index contributed by atoms with van der Waals surface area (Å²) in [6, 6.07) is 2.53. The van der Waals surface area contributed by atoms with Crippen molar-refractivity contribution in [3.8, 4) is 0 Å². The third-order valence-electron chi connectivity index (χ3n) is 6.69. The van der Waals surface area contributed by atoms with Gasteiger partial charge in [0.25, 0.3) is 0 Å². The van der Waals surface area contributed by atoms with Crippen LogP contribution in [0.15, 0.2) is 53.7 Å². The molecule has 1 aromatic rings. The zero-order chi connectivity index (χ0) is 24.1. The van der Waals surface area contributed by atoms with E-state index in [0.717, 1.165) is 44.9 Å². The highest BCUT2D eigenvalue weighted by Crippen LogP contribution is 2.30. The topological polar surface area (TPSA) is 0 Å². The van der Waals surface area contributed by atoms with Crippen LogP contribution in [0.2, 0.25) is 0 Å². The third kappa shape index (κ3) is 9.76. The fourth-order valence-corrected chi connectivity index (χ4v) is 4.26. The van der Waals surface area contributed by atoms with Gasteiger partial charge in [0, 0.05) is 0 Å². The molecule has 0 heterocycles. The molecule has 0 aliphatic carbocycles. The molecule has 0 spiro atoms. The SMILES string of the molecule is C=C(CC)Cc1cc(CCCCC)c(CC(=C)CC)c(C)c1C/C=C(\C)CCC=C(C)C. The van der Waals surface area contributed by atoms with E-state index >= 15 is 0 Å². The number of hydrogen-bond donors (Lipinski definition) is 0. The van der Waals surface area contributed by atoms with Gasteiger partial charge in [-0.2, -0.15) is 0 Å². The van der Waals surface area contributed by atoms with Gasteiger partial charge in [0.15, 0.2) is 0 Å². The van der Waals surface area contributed by atoms with Crippen LogP contribution in [0.3, 0.4) is 0 Å². The van der Waals surface area contributed by atoms with Crippen molar-refractivity contribution in [2.45, 2.75) is 119 Å². The second-order valence-corrected chi connectivity index (χ2v) is 9.87. The van der Waals surface area contributed by atoms with Crippen LogP contribution in [-0.2, 0) is 25.7 Å². The largest absolute Gasteiger partial charge is 0.0995 e. The molecule has 32 heavy (non-hydrogen) atoms. The number of benzene rings is 1. The van der Waals surface area contributed by atoms with Gasteiger partial charge in [-0.3, -0.25) is 0 Å². The Morgan fingerprint density at radius 3 is 2.09 bits per heavy atom. The van der Waals surface area contributed by atoms with Crippen LogP contribution in [0.4, 0.5) is 0 Å². The van der Waals surface area contributed by atoms with Crippen LogP contribution in [0.25, 0.3) is 0 Å². The van der Waals surface area contributed by atoms with Gasteiger partial charge >= 0.3 is 0 Å². The van der Waals surface area contributed by atoms with Gasteiger partial charge in [-0.05, 0) is 113 Å². The number of allylic oxidation sites excluding steroid dienone is 6. The number of rotatable bonds is 15. The number of unbranched alkanes of at least 4 members (excludes halogenated alkanes) is 2. The Hall–Kier alpha value is -1.82. The Balaban J connectivity index is 3.38. The molecule has 178 valence electrons. The van der Waals surface area contributed by atoms with E-state index in [1.807, 2.05) is 0 Å². The van der Waals surface area contributed by atoms with Crippen molar-refractivity contribution in [2.24, 2.45) is 0 Å². The summed E-state index contributed by atoms with van der Waals surface area (Å²) in [5.41, 5.74) is 13.2. The fraction of sp³-hybridized carbons (Fsp3) is 0.562. The van der Waals surface area contributed by atoms with Gasteiger partial charge in [-0.1, -0.05) is 87.3 Å². The summed E-state index contributed by atoms with van der Waals surface area (Å²) >= 11 is 0. The average molecular weight is 435 g/mol. The molecule has 0 saturated carbocycles. The Labute approximate surface area is 200 Å². The Kier molecular flexibility index (Phi) is 13.3. The van der Waals surface area contributed by atoms with Crippen molar-refractivity contribution < 1.29 is 0 Å². The minimum atomic E-state index is 1.01. The predicted octanol–water partition coefficient (Wildman–Crippen LogP) is 9.98. The summed E-state index contributed by atoms with van der Waals surface area (Å²) in [5, 5.41) is 0. The first kappa shape index (κ1) is 28.2. The summed E-state index contributed by atoms with van der Waals surface area (Å²) in [6.45, 7) is 24.5. The summed E-state index contributed by atoms with van der Waals surface area (Å²) < 4.78 is 0. The van der Waals surface area contributed by atoms with Crippen LogP contribution >= 0.6 is 0 Å². The van der Waals surface area contributed by atoms with Crippen molar-refractivity contribution in [2.75, 3.05) is 0 Å². The molecule has 0 saturated heterocycles. The Morgan fingerprint density at radius 1 is 0.844 bits per heavy atom. The second-order valence-electron chi connectivity index (χ2n) is 9.87. The summed E-state index contributed by atoms with van der Waals surface area (Å²) in [7, 11) is 0. The van der Waals surface area contributed by atoms with Crippen molar-refractivity contribution in [3.05, 3.63) is 81.5 Å². The second kappa shape index (κ2) is 15.1. The highest BCUT2D eigenvalue weighted by molar-refractivity contribution is 5.49. The summed E-state index contributed by atoms with van der Waals surface area (Å²) in [5.74, 6) is 0. The van der Waals surface area contributed by atoms with Crippen LogP contribution in [0, 0.1) is 6.92 Å². The number of aryl methyl sites for hydroxylation is 1. The van der Waals surface area contributed by atoms with Crippen LogP contribution < -0.4 is 0 Å². The van der Waals surface area contributed by atoms with Gasteiger partial charge in [-0.25, -0.2) is 0 Å². The molecule has 0 atom stereocenters. The Bertz CT molecular complexity index is 809. The van der Waals surface area contributed by atoms with Gasteiger partial charge in [-0.15, -0.1) is 0 Å². The third-order valence-corrected chi connectivity index (χ3v) is 6.69. The predicted molar refractivity (Wildman–Crippen MR) is 147 cm³/mol. The monoisotopic (exact) mass is 434 g/mol. The normalized spacial score (nSPS) is 11.5. The van der Waals surface area contributed by atoms with Crippen molar-refractivity contribution in [1.82, 2.24) is 0 Å². The molecule has 0 unspecified atom stereocenters. The standard InChI is InChI=1S/C32H50/c1-10-13-14-18-29-23-30(21-25(6)11-2)31(28(9)32(29)22-26(7)12-3)20-19-27(8)17-15-16-24(4)5/h16,19,23H,6-7,10-15,17-18,20-22H2,1-5,8-9H3/b27-19+. The van der Waals surface area contributed by atoms with Gasteiger partial charge in [0.2, 0.25) is 0 Å². The maximum Gasteiger partial charge on any atom is -0.00645 e. The van der Waals surface area contributed by atoms with Crippen LogP contribution in [-0.4, -0.2) is 0 Å². The maximum atomic E-state index is 4.35. The van der Waals surface area contributed by atoms with E-state index in [9.17, 15) is 0 Å². The van der Waals surface area contributed by atoms with Crippen LogP contribution in [0.5, 0.6) is 0 Å². The quantitative estimate of drug-likeness (QED) is 0.190. The lowest BCUT2D eigenvalue weighted by atomic mass is 9.83. The highest BCUT2D eigenvalue weighted by Gasteiger charge is 2.16. The molecule has 1 rings (SSSR count). The minimum Gasteiger partial charge on any atom is -0.0995 e. The molecule has 0 aliphatic heterocycles.